The van der Waals surface area contributed by atoms with Crippen molar-refractivity contribution in [3.63, 3.8) is 0 Å². The third-order valence-electron chi connectivity index (χ3n) is 6.18. The van der Waals surface area contributed by atoms with Gasteiger partial charge >= 0.3 is 0 Å². The predicted molar refractivity (Wildman–Crippen MR) is 115 cm³/mol. The highest BCUT2D eigenvalue weighted by atomic mass is 16.5. The van der Waals surface area contributed by atoms with Gasteiger partial charge in [0.05, 0.1) is 20.8 Å². The lowest BCUT2D eigenvalue weighted by Crippen LogP contribution is -2.60. The SMILES string of the molecule is COc1ccc(OC)c(CN2CCC3(CC2)OCCN(Cc2ccccc2)C3=O)c1. The van der Waals surface area contributed by atoms with Crippen molar-refractivity contribution < 1.29 is 19.0 Å². The number of carbonyl (C=O) groups is 1. The molecule has 0 saturated carbocycles. The molecule has 1 amide bonds. The minimum atomic E-state index is -0.679. The first-order valence-electron chi connectivity index (χ1n) is 10.5. The number of nitrogens with zero attached hydrogens (tertiary/aromatic N) is 2. The van der Waals surface area contributed by atoms with Crippen molar-refractivity contribution in [2.75, 3.05) is 40.5 Å². The molecule has 0 aromatic heterocycles. The quantitative estimate of drug-likeness (QED) is 0.733. The van der Waals surface area contributed by atoms with Gasteiger partial charge < -0.3 is 19.1 Å². The Labute approximate surface area is 178 Å². The summed E-state index contributed by atoms with van der Waals surface area (Å²) in [6, 6.07) is 16.0. The highest BCUT2D eigenvalue weighted by molar-refractivity contribution is 5.86. The Kier molecular flexibility index (Phi) is 6.25. The minimum absolute atomic E-state index is 0.135. The number of benzene rings is 2. The summed E-state index contributed by atoms with van der Waals surface area (Å²) in [6.07, 6.45) is 1.42. The van der Waals surface area contributed by atoms with Crippen LogP contribution in [0.15, 0.2) is 48.5 Å². The summed E-state index contributed by atoms with van der Waals surface area (Å²) in [5.74, 6) is 1.81. The normalized spacial score (nSPS) is 19.1. The van der Waals surface area contributed by atoms with Crippen molar-refractivity contribution in [2.45, 2.75) is 31.5 Å². The molecule has 1 spiro atoms. The van der Waals surface area contributed by atoms with Gasteiger partial charge in [0.15, 0.2) is 0 Å². The second-order valence-corrected chi connectivity index (χ2v) is 8.01. The molecule has 0 N–H and O–H groups in total. The molecule has 0 atom stereocenters. The maximum atomic E-state index is 13.3. The van der Waals surface area contributed by atoms with E-state index in [0.717, 1.165) is 42.3 Å². The van der Waals surface area contributed by atoms with Gasteiger partial charge in [-0.3, -0.25) is 9.69 Å². The molecule has 2 aromatic rings. The van der Waals surface area contributed by atoms with Crippen LogP contribution in [-0.4, -0.2) is 61.8 Å². The Hall–Kier alpha value is -2.57. The molecule has 0 aliphatic carbocycles. The van der Waals surface area contributed by atoms with Crippen LogP contribution in [0.5, 0.6) is 11.5 Å². The summed E-state index contributed by atoms with van der Waals surface area (Å²) in [4.78, 5) is 17.6. The van der Waals surface area contributed by atoms with E-state index in [0.29, 0.717) is 32.5 Å². The van der Waals surface area contributed by atoms with Crippen LogP contribution in [0.3, 0.4) is 0 Å². The largest absolute Gasteiger partial charge is 0.497 e. The number of hydrogen-bond acceptors (Lipinski definition) is 5. The molecule has 160 valence electrons. The zero-order valence-electron chi connectivity index (χ0n) is 17.8. The summed E-state index contributed by atoms with van der Waals surface area (Å²) in [6.45, 7) is 4.28. The number of hydrogen-bond donors (Lipinski definition) is 0. The molecule has 2 aliphatic heterocycles. The van der Waals surface area contributed by atoms with Gasteiger partial charge in [-0.05, 0) is 36.6 Å². The first-order valence-corrected chi connectivity index (χ1v) is 10.5. The third kappa shape index (κ3) is 4.30. The first kappa shape index (κ1) is 20.7. The van der Waals surface area contributed by atoms with Crippen LogP contribution < -0.4 is 9.47 Å². The fourth-order valence-corrected chi connectivity index (χ4v) is 4.43. The van der Waals surface area contributed by atoms with E-state index in [1.54, 1.807) is 14.2 Å². The van der Waals surface area contributed by atoms with E-state index in [4.69, 9.17) is 14.2 Å². The van der Waals surface area contributed by atoms with E-state index in [-0.39, 0.29) is 5.91 Å². The highest BCUT2D eigenvalue weighted by Gasteiger charge is 2.47. The van der Waals surface area contributed by atoms with Crippen molar-refractivity contribution in [2.24, 2.45) is 0 Å². The smallest absolute Gasteiger partial charge is 0.255 e. The average Bonchev–Trinajstić information content (AvgIpc) is 2.79. The molecule has 0 radical (unpaired) electrons. The Balaban J connectivity index is 1.40. The minimum Gasteiger partial charge on any atom is -0.497 e. The van der Waals surface area contributed by atoms with E-state index in [1.807, 2.05) is 41.3 Å². The van der Waals surface area contributed by atoms with Crippen molar-refractivity contribution >= 4 is 5.91 Å². The Bertz CT molecular complexity index is 863. The number of rotatable bonds is 6. The van der Waals surface area contributed by atoms with Gasteiger partial charge in [-0.15, -0.1) is 0 Å². The van der Waals surface area contributed by atoms with Gasteiger partial charge in [-0.2, -0.15) is 0 Å². The average molecular weight is 411 g/mol. The summed E-state index contributed by atoms with van der Waals surface area (Å²) in [7, 11) is 3.36. The lowest BCUT2D eigenvalue weighted by molar-refractivity contribution is -0.180. The number of carbonyl (C=O) groups excluding carboxylic acids is 1. The Morgan fingerprint density at radius 1 is 0.967 bits per heavy atom. The molecule has 2 heterocycles. The van der Waals surface area contributed by atoms with Crippen LogP contribution in [-0.2, 0) is 22.6 Å². The van der Waals surface area contributed by atoms with Crippen LogP contribution in [0.4, 0.5) is 0 Å². The number of morpholine rings is 1. The Morgan fingerprint density at radius 2 is 1.73 bits per heavy atom. The van der Waals surface area contributed by atoms with Crippen LogP contribution in [0.2, 0.25) is 0 Å². The van der Waals surface area contributed by atoms with E-state index < -0.39 is 5.60 Å². The maximum absolute atomic E-state index is 13.3. The van der Waals surface area contributed by atoms with Crippen molar-refractivity contribution in [3.05, 3.63) is 59.7 Å². The highest BCUT2D eigenvalue weighted by Crippen LogP contribution is 2.33. The topological polar surface area (TPSA) is 51.2 Å². The lowest BCUT2D eigenvalue weighted by atomic mass is 9.88. The third-order valence-corrected chi connectivity index (χ3v) is 6.18. The van der Waals surface area contributed by atoms with Crippen LogP contribution in [0.25, 0.3) is 0 Å². The molecular formula is C24H30N2O4. The molecule has 2 saturated heterocycles. The van der Waals surface area contributed by atoms with Crippen LogP contribution in [0, 0.1) is 0 Å². The van der Waals surface area contributed by atoms with E-state index in [1.165, 1.54) is 0 Å². The molecule has 4 rings (SSSR count). The fraction of sp³-hybridized carbons (Fsp3) is 0.458. The predicted octanol–water partition coefficient (Wildman–Crippen LogP) is 3.10. The molecular weight excluding hydrogens is 380 g/mol. The van der Waals surface area contributed by atoms with Gasteiger partial charge in [0.1, 0.15) is 17.1 Å². The summed E-state index contributed by atoms with van der Waals surface area (Å²) in [5, 5.41) is 0. The molecule has 6 heteroatoms. The standard InChI is InChI=1S/C24H30N2O4/c1-28-21-8-9-22(29-2)20(16-21)18-25-12-10-24(11-13-25)23(27)26(14-15-30-24)17-19-6-4-3-5-7-19/h3-9,16H,10-15,17-18H2,1-2H3. The molecule has 2 aliphatic rings. The van der Waals surface area contributed by atoms with Crippen LogP contribution in [0.1, 0.15) is 24.0 Å². The lowest BCUT2D eigenvalue weighted by Gasteiger charge is -2.46. The second-order valence-electron chi connectivity index (χ2n) is 8.01. The molecule has 6 nitrogen and oxygen atoms in total. The summed E-state index contributed by atoms with van der Waals surface area (Å²) >= 11 is 0. The maximum Gasteiger partial charge on any atom is 0.255 e. The van der Waals surface area contributed by atoms with E-state index >= 15 is 0 Å². The van der Waals surface area contributed by atoms with Gasteiger partial charge in [0.25, 0.3) is 5.91 Å². The van der Waals surface area contributed by atoms with Gasteiger partial charge in [-0.1, -0.05) is 30.3 Å². The number of amides is 1. The number of ether oxygens (including phenoxy) is 3. The molecule has 30 heavy (non-hydrogen) atoms. The monoisotopic (exact) mass is 410 g/mol. The number of piperidine rings is 1. The van der Waals surface area contributed by atoms with Crippen molar-refractivity contribution in [3.8, 4) is 11.5 Å². The van der Waals surface area contributed by atoms with E-state index in [2.05, 4.69) is 17.0 Å². The summed E-state index contributed by atoms with van der Waals surface area (Å²) in [5.41, 5.74) is 1.57. The zero-order chi connectivity index (χ0) is 21.0. The van der Waals surface area contributed by atoms with Gasteiger partial charge in [0.2, 0.25) is 0 Å². The first-order chi connectivity index (χ1) is 14.6. The van der Waals surface area contributed by atoms with Crippen molar-refractivity contribution in [1.82, 2.24) is 9.80 Å². The van der Waals surface area contributed by atoms with Gasteiger partial charge in [0, 0.05) is 38.3 Å². The molecule has 0 unspecified atom stereocenters. The second kappa shape index (κ2) is 9.06. The zero-order valence-corrected chi connectivity index (χ0v) is 17.8. The molecule has 2 fully saturated rings. The fourth-order valence-electron chi connectivity index (χ4n) is 4.43. The van der Waals surface area contributed by atoms with Crippen LogP contribution >= 0.6 is 0 Å². The van der Waals surface area contributed by atoms with E-state index in [9.17, 15) is 4.79 Å². The van der Waals surface area contributed by atoms with Gasteiger partial charge in [-0.25, -0.2) is 0 Å². The molecule has 2 aromatic carbocycles. The Morgan fingerprint density at radius 3 is 2.43 bits per heavy atom. The number of methoxy groups -OCH3 is 2. The molecule has 0 bridgehead atoms. The number of likely N-dealkylation sites (tertiary alicyclic amines) is 1. The van der Waals surface area contributed by atoms with Crippen molar-refractivity contribution in [1.29, 1.82) is 0 Å². The summed E-state index contributed by atoms with van der Waals surface area (Å²) < 4.78 is 17.0.